The summed E-state index contributed by atoms with van der Waals surface area (Å²) in [6, 6.07) is 19.4. The van der Waals surface area contributed by atoms with Crippen molar-refractivity contribution in [3.8, 4) is 0 Å². The van der Waals surface area contributed by atoms with Gasteiger partial charge in [0, 0.05) is 18.5 Å². The lowest BCUT2D eigenvalue weighted by atomic mass is 10.1. The number of amides is 1. The van der Waals surface area contributed by atoms with Gasteiger partial charge in [-0.1, -0.05) is 36.4 Å². The molecule has 0 spiro atoms. The van der Waals surface area contributed by atoms with Gasteiger partial charge in [-0.25, -0.2) is 13.4 Å². The Labute approximate surface area is 187 Å². The maximum atomic E-state index is 13.4. The van der Waals surface area contributed by atoms with Crippen LogP contribution in [0.25, 0.3) is 0 Å². The van der Waals surface area contributed by atoms with Crippen LogP contribution in [0.1, 0.15) is 11.1 Å². The van der Waals surface area contributed by atoms with Gasteiger partial charge in [0.1, 0.15) is 6.54 Å². The molecule has 0 atom stereocenters. The molecule has 0 aliphatic carbocycles. The van der Waals surface area contributed by atoms with Crippen molar-refractivity contribution in [2.24, 2.45) is 0 Å². The quantitative estimate of drug-likeness (QED) is 0.392. The van der Waals surface area contributed by atoms with E-state index < -0.39 is 10.0 Å². The topological polar surface area (TPSA) is 79.4 Å². The number of carbonyl (C=O) groups is 1. The van der Waals surface area contributed by atoms with E-state index >= 15 is 0 Å². The molecular weight excluding hydrogens is 430 g/mol. The van der Waals surface area contributed by atoms with Crippen molar-refractivity contribution in [3.05, 3.63) is 84.1 Å². The van der Waals surface area contributed by atoms with Gasteiger partial charge in [0.15, 0.2) is 0 Å². The van der Waals surface area contributed by atoms with E-state index in [0.717, 1.165) is 16.2 Å². The first-order valence-electron chi connectivity index (χ1n) is 9.83. The molecule has 0 saturated carbocycles. The number of nitrogens with one attached hydrogen (secondary N) is 1. The minimum Gasteiger partial charge on any atom is -0.354 e. The van der Waals surface area contributed by atoms with Gasteiger partial charge >= 0.3 is 0 Å². The van der Waals surface area contributed by atoms with E-state index in [2.05, 4.69) is 10.3 Å². The lowest BCUT2D eigenvalue weighted by Crippen LogP contribution is -2.41. The van der Waals surface area contributed by atoms with Crippen LogP contribution in [0.4, 0.5) is 5.69 Å². The van der Waals surface area contributed by atoms with Crippen LogP contribution in [0.3, 0.4) is 0 Å². The van der Waals surface area contributed by atoms with Crippen molar-refractivity contribution in [1.82, 2.24) is 10.3 Å². The second-order valence-corrected chi connectivity index (χ2v) is 9.96. The summed E-state index contributed by atoms with van der Waals surface area (Å²) in [4.78, 5) is 17.0. The van der Waals surface area contributed by atoms with Gasteiger partial charge in [-0.2, -0.15) is 0 Å². The molecule has 1 heterocycles. The maximum absolute atomic E-state index is 13.4. The highest BCUT2D eigenvalue weighted by Crippen LogP contribution is 2.27. The number of thioether (sulfide) groups is 1. The Hall–Kier alpha value is -2.84. The Bertz CT molecular complexity index is 1120. The third-order valence-electron chi connectivity index (χ3n) is 4.56. The third kappa shape index (κ3) is 6.08. The monoisotopic (exact) mass is 455 g/mol. The average molecular weight is 456 g/mol. The highest BCUT2D eigenvalue weighted by atomic mass is 32.2. The number of sulfonamides is 1. The minimum absolute atomic E-state index is 0.148. The summed E-state index contributed by atoms with van der Waals surface area (Å²) in [6.45, 7) is 3.84. The zero-order valence-corrected chi connectivity index (χ0v) is 19.1. The molecule has 0 aliphatic heterocycles. The molecular formula is C23H25N3O3S2. The molecule has 8 heteroatoms. The molecule has 1 aromatic heterocycles. The van der Waals surface area contributed by atoms with Crippen LogP contribution in [0.5, 0.6) is 0 Å². The van der Waals surface area contributed by atoms with Gasteiger partial charge in [0.25, 0.3) is 10.0 Å². The predicted molar refractivity (Wildman–Crippen MR) is 125 cm³/mol. The lowest BCUT2D eigenvalue weighted by molar-refractivity contribution is -0.119. The van der Waals surface area contributed by atoms with E-state index in [1.54, 1.807) is 30.5 Å². The Morgan fingerprint density at radius 1 is 1.03 bits per heavy atom. The summed E-state index contributed by atoms with van der Waals surface area (Å²) in [5.41, 5.74) is 2.20. The largest absolute Gasteiger partial charge is 0.354 e. The summed E-state index contributed by atoms with van der Waals surface area (Å²) < 4.78 is 27.9. The Morgan fingerprint density at radius 3 is 2.48 bits per heavy atom. The van der Waals surface area contributed by atoms with Crippen molar-refractivity contribution >= 4 is 33.4 Å². The minimum atomic E-state index is -3.90. The molecule has 3 aromatic rings. The average Bonchev–Trinajstić information content (AvgIpc) is 2.78. The molecule has 31 heavy (non-hydrogen) atoms. The number of carbonyl (C=O) groups excluding carboxylic acids is 1. The van der Waals surface area contributed by atoms with Crippen LogP contribution in [-0.4, -0.2) is 38.2 Å². The summed E-state index contributed by atoms with van der Waals surface area (Å²) in [5.74, 6) is 0.277. The number of hydrogen-bond acceptors (Lipinski definition) is 5. The molecule has 162 valence electrons. The van der Waals surface area contributed by atoms with Gasteiger partial charge in [-0.3, -0.25) is 9.10 Å². The number of hydrogen-bond donors (Lipinski definition) is 1. The van der Waals surface area contributed by atoms with E-state index in [1.807, 2.05) is 44.2 Å². The Kier molecular flexibility index (Phi) is 7.70. The number of aromatic nitrogens is 1. The first kappa shape index (κ1) is 22.8. The molecule has 0 fully saturated rings. The van der Waals surface area contributed by atoms with E-state index in [9.17, 15) is 13.2 Å². The Morgan fingerprint density at radius 2 is 1.77 bits per heavy atom. The molecule has 0 unspecified atom stereocenters. The molecule has 0 bridgehead atoms. The lowest BCUT2D eigenvalue weighted by Gasteiger charge is -2.26. The van der Waals surface area contributed by atoms with Gasteiger partial charge in [-0.05, 0) is 55.3 Å². The van der Waals surface area contributed by atoms with E-state index in [4.69, 9.17) is 0 Å². The van der Waals surface area contributed by atoms with Crippen molar-refractivity contribution in [2.75, 3.05) is 23.1 Å². The maximum Gasteiger partial charge on any atom is 0.264 e. The molecule has 3 rings (SSSR count). The number of anilines is 1. The summed E-state index contributed by atoms with van der Waals surface area (Å²) >= 11 is 1.53. The molecule has 1 N–H and O–H groups in total. The molecule has 2 aromatic carbocycles. The molecule has 0 radical (unpaired) electrons. The predicted octanol–water partition coefficient (Wildman–Crippen LogP) is 3.80. The van der Waals surface area contributed by atoms with E-state index in [0.29, 0.717) is 18.0 Å². The van der Waals surface area contributed by atoms with Crippen LogP contribution >= 0.6 is 11.8 Å². The SMILES string of the molecule is Cc1ccc(C)c(N(CC(=O)NCCSc2ccccn2)S(=O)(=O)c2ccccc2)c1. The number of pyridine rings is 1. The second-order valence-electron chi connectivity index (χ2n) is 6.98. The third-order valence-corrected chi connectivity index (χ3v) is 7.28. The number of aryl methyl sites for hydroxylation is 2. The number of benzene rings is 2. The van der Waals surface area contributed by atoms with Crippen LogP contribution in [-0.2, 0) is 14.8 Å². The smallest absolute Gasteiger partial charge is 0.264 e. The zero-order valence-electron chi connectivity index (χ0n) is 17.5. The first-order chi connectivity index (χ1) is 14.9. The van der Waals surface area contributed by atoms with E-state index in [1.165, 1.54) is 28.2 Å². The van der Waals surface area contributed by atoms with Crippen LogP contribution < -0.4 is 9.62 Å². The molecule has 1 amide bonds. The van der Waals surface area contributed by atoms with Crippen molar-refractivity contribution in [2.45, 2.75) is 23.8 Å². The zero-order chi connectivity index (χ0) is 22.3. The standard InChI is InChI=1S/C23H25N3O3S2/c1-18-11-12-19(2)21(16-18)26(31(28,29)20-8-4-3-5-9-20)17-22(27)24-14-15-30-23-10-6-7-13-25-23/h3-13,16H,14-15,17H2,1-2H3,(H,24,27). The highest BCUT2D eigenvalue weighted by Gasteiger charge is 2.28. The summed E-state index contributed by atoms with van der Waals surface area (Å²) in [5, 5.41) is 3.69. The van der Waals surface area contributed by atoms with Gasteiger partial charge in [0.2, 0.25) is 5.91 Å². The number of rotatable bonds is 9. The Balaban J connectivity index is 1.75. The molecule has 0 aliphatic rings. The second kappa shape index (κ2) is 10.5. The summed E-state index contributed by atoms with van der Waals surface area (Å²) in [6.07, 6.45) is 1.72. The van der Waals surface area contributed by atoms with Crippen LogP contribution in [0.15, 0.2) is 82.8 Å². The van der Waals surface area contributed by atoms with Crippen molar-refractivity contribution in [3.63, 3.8) is 0 Å². The van der Waals surface area contributed by atoms with Crippen LogP contribution in [0.2, 0.25) is 0 Å². The van der Waals surface area contributed by atoms with Crippen molar-refractivity contribution in [1.29, 1.82) is 0 Å². The number of nitrogens with zero attached hydrogens (tertiary/aromatic N) is 2. The molecule has 6 nitrogen and oxygen atoms in total. The first-order valence-corrected chi connectivity index (χ1v) is 12.3. The fourth-order valence-electron chi connectivity index (χ4n) is 2.97. The fraction of sp³-hybridized carbons (Fsp3) is 0.217. The van der Waals surface area contributed by atoms with Gasteiger partial charge in [0.05, 0.1) is 15.6 Å². The highest BCUT2D eigenvalue weighted by molar-refractivity contribution is 7.99. The normalized spacial score (nSPS) is 11.2. The molecule has 0 saturated heterocycles. The van der Waals surface area contributed by atoms with Crippen molar-refractivity contribution < 1.29 is 13.2 Å². The van der Waals surface area contributed by atoms with Gasteiger partial charge in [-0.15, -0.1) is 11.8 Å². The van der Waals surface area contributed by atoms with E-state index in [-0.39, 0.29) is 17.3 Å². The van der Waals surface area contributed by atoms with Crippen LogP contribution in [0, 0.1) is 13.8 Å². The summed E-state index contributed by atoms with van der Waals surface area (Å²) in [7, 11) is -3.90. The van der Waals surface area contributed by atoms with Gasteiger partial charge < -0.3 is 5.32 Å². The fourth-order valence-corrected chi connectivity index (χ4v) is 5.19.